The molecule has 4 atom stereocenters. The molecule has 12 heteroatoms. The maximum Gasteiger partial charge on any atom is 0.296 e. The van der Waals surface area contributed by atoms with Crippen molar-refractivity contribution in [3.63, 3.8) is 0 Å². The van der Waals surface area contributed by atoms with Crippen LogP contribution in [-0.4, -0.2) is 99.5 Å². The number of ether oxygens (including phenoxy) is 3. The van der Waals surface area contributed by atoms with Crippen molar-refractivity contribution in [1.29, 1.82) is 0 Å². The standard InChI is InChI=1S/C14H19NO3.C11H16O4S.C10H11NO2.6C2H6.CH4/c1-11(16)7-8-17-9-13-10-18-14(15-13)12-5-3-2-4-6-12;1-9-3-5-11(6-4-9)16(13,14)15-8-7-10(2)12;12-6-9-7-13-10(11-9)8-4-2-1-3-5-8;6*1-2;/h2-6,11,13,16H,7-10H2,1H3;3-6,10,12H,7-8H2,1-2H3;1-5,9,12H,6-7H2;6*1-2H3;1H4/t11-,13-;10-;9-;;;;;;;/m111......./s1. The molecule has 0 saturated heterocycles. The normalized spacial score (nSPS) is 14.9. The second-order valence-electron chi connectivity index (χ2n) is 11.2. The quantitative estimate of drug-likeness (QED) is 0.112. The van der Waals surface area contributed by atoms with E-state index in [0.29, 0.717) is 51.1 Å². The van der Waals surface area contributed by atoms with Gasteiger partial charge in [-0.25, -0.2) is 9.98 Å². The molecule has 0 aromatic heterocycles. The lowest BCUT2D eigenvalue weighted by Crippen LogP contribution is -2.16. The molecule has 0 saturated carbocycles. The average Bonchev–Trinajstić information content (AvgIpc) is 3.99. The predicted molar refractivity (Wildman–Crippen MR) is 255 cm³/mol. The molecule has 0 bridgehead atoms. The highest BCUT2D eigenvalue weighted by molar-refractivity contribution is 7.86. The molecule has 0 aliphatic carbocycles. The average molecular weight is 867 g/mol. The molecule has 11 nitrogen and oxygen atoms in total. The number of rotatable bonds is 13. The molecule has 0 radical (unpaired) electrons. The molecule has 2 aliphatic rings. The van der Waals surface area contributed by atoms with E-state index in [-0.39, 0.29) is 43.7 Å². The number of benzene rings is 3. The highest BCUT2D eigenvalue weighted by Gasteiger charge is 2.20. The maximum absolute atomic E-state index is 11.6. The molecule has 0 amide bonds. The third-order valence-electron chi connectivity index (χ3n) is 6.75. The van der Waals surface area contributed by atoms with Gasteiger partial charge in [0.15, 0.2) is 0 Å². The maximum atomic E-state index is 11.6. The van der Waals surface area contributed by atoms with Crippen LogP contribution in [0.4, 0.5) is 0 Å². The van der Waals surface area contributed by atoms with E-state index in [1.807, 2.05) is 151 Å². The van der Waals surface area contributed by atoms with E-state index in [1.165, 1.54) is 12.1 Å². The van der Waals surface area contributed by atoms with Crippen molar-refractivity contribution in [1.82, 2.24) is 0 Å². The Morgan fingerprint density at radius 1 is 0.633 bits per heavy atom. The molecule has 0 spiro atoms. The van der Waals surface area contributed by atoms with Gasteiger partial charge in [-0.2, -0.15) is 8.42 Å². The number of aliphatic hydroxyl groups is 3. The number of aliphatic imine (C=N–C) groups is 2. The first kappa shape index (κ1) is 65.5. The van der Waals surface area contributed by atoms with Gasteiger partial charge in [-0.15, -0.1) is 0 Å². The minimum absolute atomic E-state index is 0. The van der Waals surface area contributed by atoms with Crippen LogP contribution in [0, 0.1) is 6.92 Å². The summed E-state index contributed by atoms with van der Waals surface area (Å²) in [5.74, 6) is 1.33. The largest absolute Gasteiger partial charge is 0.475 e. The molecule has 3 aromatic rings. The summed E-state index contributed by atoms with van der Waals surface area (Å²) in [4.78, 5) is 8.85. The van der Waals surface area contributed by atoms with Gasteiger partial charge in [0.05, 0.1) is 36.9 Å². The van der Waals surface area contributed by atoms with E-state index >= 15 is 0 Å². The van der Waals surface area contributed by atoms with E-state index in [2.05, 4.69) is 9.98 Å². The summed E-state index contributed by atoms with van der Waals surface area (Å²) in [6.07, 6.45) is 0.0786. The number of hydrogen-bond acceptors (Lipinski definition) is 11. The van der Waals surface area contributed by atoms with Crippen molar-refractivity contribution in [3.05, 3.63) is 102 Å². The fourth-order valence-electron chi connectivity index (χ4n) is 4.06. The highest BCUT2D eigenvalue weighted by Crippen LogP contribution is 2.15. The zero-order valence-corrected chi connectivity index (χ0v) is 40.0. The Bertz CT molecular complexity index is 1490. The van der Waals surface area contributed by atoms with Gasteiger partial charge in [0.1, 0.15) is 25.3 Å². The minimum atomic E-state index is -3.68. The summed E-state index contributed by atoms with van der Waals surface area (Å²) in [5, 5.41) is 26.9. The predicted octanol–water partition coefficient (Wildman–Crippen LogP) is 10.7. The molecule has 3 N–H and O–H groups in total. The summed E-state index contributed by atoms with van der Waals surface area (Å²) < 4.78 is 44.4. The summed E-state index contributed by atoms with van der Waals surface area (Å²) in [6, 6.07) is 26.0. The Morgan fingerprint density at radius 3 is 1.40 bits per heavy atom. The summed E-state index contributed by atoms with van der Waals surface area (Å²) >= 11 is 0. The lowest BCUT2D eigenvalue weighted by Gasteiger charge is -2.07. The van der Waals surface area contributed by atoms with Crippen molar-refractivity contribution in [3.8, 4) is 0 Å². The minimum Gasteiger partial charge on any atom is -0.475 e. The number of aliphatic hydroxyl groups excluding tert-OH is 3. The Kier molecular flexibility index (Phi) is 49.0. The van der Waals surface area contributed by atoms with Gasteiger partial charge >= 0.3 is 0 Å². The zero-order chi connectivity index (χ0) is 46.1. The van der Waals surface area contributed by atoms with Crippen LogP contribution in [0.5, 0.6) is 0 Å². The third kappa shape index (κ3) is 31.3. The fourth-order valence-corrected chi connectivity index (χ4v) is 4.98. The molecular weight excluding hydrogens is 781 g/mol. The van der Waals surface area contributed by atoms with Gasteiger partial charge in [-0.3, -0.25) is 4.18 Å². The smallest absolute Gasteiger partial charge is 0.296 e. The first-order chi connectivity index (χ1) is 28.6. The second-order valence-corrected chi connectivity index (χ2v) is 12.8. The Labute approximate surface area is 367 Å². The Morgan fingerprint density at radius 2 is 1.02 bits per heavy atom. The Balaban J connectivity index is -0.000000223. The monoisotopic (exact) mass is 867 g/mol. The zero-order valence-electron chi connectivity index (χ0n) is 39.1. The summed E-state index contributed by atoms with van der Waals surface area (Å²) in [5.41, 5.74) is 2.96. The molecule has 2 aliphatic heterocycles. The van der Waals surface area contributed by atoms with E-state index in [0.717, 1.165) is 16.7 Å². The molecule has 5 rings (SSSR count). The van der Waals surface area contributed by atoms with E-state index in [9.17, 15) is 8.42 Å². The lowest BCUT2D eigenvalue weighted by atomic mass is 10.2. The van der Waals surface area contributed by atoms with Crippen molar-refractivity contribution >= 4 is 21.9 Å². The Hall–Kier alpha value is -3.65. The molecule has 0 unspecified atom stereocenters. The van der Waals surface area contributed by atoms with Crippen molar-refractivity contribution < 1.29 is 42.1 Å². The number of nitrogens with zero attached hydrogens (tertiary/aromatic N) is 2. The second kappa shape index (κ2) is 44.9. The van der Waals surface area contributed by atoms with Crippen LogP contribution < -0.4 is 0 Å². The van der Waals surface area contributed by atoms with Crippen molar-refractivity contribution in [2.75, 3.05) is 39.6 Å². The van der Waals surface area contributed by atoms with Crippen molar-refractivity contribution in [2.45, 2.75) is 153 Å². The molecule has 348 valence electrons. The van der Waals surface area contributed by atoms with Gasteiger partial charge in [0.25, 0.3) is 10.1 Å². The SMILES string of the molecule is C.CC.CC.CC.CC.CC.CC.C[C@@H](O)CCOC[C@@H]1COC(c2ccccc2)=N1.Cc1ccc(S(=O)(=O)OCC[C@@H](C)O)cc1.OC[C@@H]1COC(c2ccccc2)=N1. The van der Waals surface area contributed by atoms with Crippen LogP contribution in [0.25, 0.3) is 0 Å². The molecule has 0 fully saturated rings. The van der Waals surface area contributed by atoms with Gasteiger partial charge < -0.3 is 29.5 Å². The number of aryl methyl sites for hydroxylation is 1. The highest BCUT2D eigenvalue weighted by atomic mass is 32.2. The van der Waals surface area contributed by atoms with E-state index in [4.69, 9.17) is 33.7 Å². The van der Waals surface area contributed by atoms with Crippen LogP contribution in [0.1, 0.15) is 134 Å². The van der Waals surface area contributed by atoms with E-state index < -0.39 is 16.2 Å². The van der Waals surface area contributed by atoms with Crippen molar-refractivity contribution in [2.24, 2.45) is 9.98 Å². The van der Waals surface area contributed by atoms with Crippen LogP contribution in [0.2, 0.25) is 0 Å². The third-order valence-corrected chi connectivity index (χ3v) is 8.08. The molecule has 60 heavy (non-hydrogen) atoms. The van der Waals surface area contributed by atoms with Crippen LogP contribution >= 0.6 is 0 Å². The fraction of sp³-hybridized carbons (Fsp3) is 0.583. The molecule has 3 aromatic carbocycles. The van der Waals surface area contributed by atoms with Gasteiger partial charge in [0, 0.05) is 17.7 Å². The van der Waals surface area contributed by atoms with Gasteiger partial charge in [0.2, 0.25) is 11.8 Å². The first-order valence-electron chi connectivity index (χ1n) is 21.6. The van der Waals surface area contributed by atoms with Crippen LogP contribution in [0.3, 0.4) is 0 Å². The topological polar surface area (TPSA) is 156 Å². The van der Waals surface area contributed by atoms with E-state index in [1.54, 1.807) is 26.0 Å². The summed E-state index contributed by atoms with van der Waals surface area (Å²) in [7, 11) is -3.68. The van der Waals surface area contributed by atoms with Gasteiger partial charge in [-0.1, -0.05) is 145 Å². The first-order valence-corrected chi connectivity index (χ1v) is 23.0. The van der Waals surface area contributed by atoms with Gasteiger partial charge in [-0.05, 0) is 70.0 Å². The number of hydrogen-bond donors (Lipinski definition) is 3. The summed E-state index contributed by atoms with van der Waals surface area (Å²) in [6.45, 7) is 31.4. The molecule has 2 heterocycles. The molecular formula is C48H86N2O9S. The lowest BCUT2D eigenvalue weighted by molar-refractivity contribution is 0.0777. The van der Waals surface area contributed by atoms with Crippen LogP contribution in [0.15, 0.2) is 99.8 Å². The van der Waals surface area contributed by atoms with Crippen LogP contribution in [-0.2, 0) is 28.5 Å².